The van der Waals surface area contributed by atoms with E-state index >= 15 is 0 Å². The Kier molecular flexibility index (Phi) is 6.91. The summed E-state index contributed by atoms with van der Waals surface area (Å²) in [7, 11) is 1.38. The van der Waals surface area contributed by atoms with Crippen LogP contribution >= 0.6 is 0 Å². The number of hydrogen-bond acceptors (Lipinski definition) is 4. The maximum Gasteiger partial charge on any atom is 0.339 e. The fourth-order valence-electron chi connectivity index (χ4n) is 3.63. The van der Waals surface area contributed by atoms with E-state index in [1.54, 1.807) is 0 Å². The van der Waals surface area contributed by atoms with Crippen molar-refractivity contribution in [3.8, 4) is 11.1 Å². The van der Waals surface area contributed by atoms with Gasteiger partial charge in [0.05, 0.1) is 12.7 Å². The van der Waals surface area contributed by atoms with Crippen molar-refractivity contribution in [1.82, 2.24) is 0 Å². The second-order valence-corrected chi connectivity index (χ2v) is 8.42. The number of nitrogens with two attached hydrogens (primary N) is 1. The quantitative estimate of drug-likeness (QED) is 0.392. The van der Waals surface area contributed by atoms with Gasteiger partial charge in [-0.1, -0.05) is 35.9 Å². The van der Waals surface area contributed by atoms with Crippen LogP contribution < -0.4 is 5.73 Å². The largest absolute Gasteiger partial charge is 0.467 e. The number of carbonyl (C=O) groups excluding carboxylic acids is 1. The predicted octanol–water partition coefficient (Wildman–Crippen LogP) is 5.62. The van der Waals surface area contributed by atoms with Crippen molar-refractivity contribution in [2.24, 2.45) is 0 Å². The zero-order chi connectivity index (χ0) is 21.9. The van der Waals surface area contributed by atoms with E-state index in [-0.39, 0.29) is 0 Å². The fraction of sp³-hybridized carbons (Fsp3) is 0.400. The van der Waals surface area contributed by atoms with E-state index < -0.39 is 17.7 Å². The molecule has 0 fully saturated rings. The standard InChI is InChI=1S/C25H33NO3/c1-9-10-19-16(3)20(18-13-11-15(2)12-14-18)21(17(4)22(19)26)23(24(27)28-8)29-25(5,6)7/h9,11-14,23H,1,10,26H2,2-8H3/t23-/m0/s1. The molecule has 2 aromatic carbocycles. The summed E-state index contributed by atoms with van der Waals surface area (Å²) in [5, 5.41) is 0. The van der Waals surface area contributed by atoms with Crippen LogP contribution in [0.4, 0.5) is 5.69 Å². The van der Waals surface area contributed by atoms with Crippen molar-refractivity contribution in [1.29, 1.82) is 0 Å². The normalized spacial score (nSPS) is 12.5. The molecular formula is C25H33NO3. The van der Waals surface area contributed by atoms with Gasteiger partial charge in [0.2, 0.25) is 0 Å². The van der Waals surface area contributed by atoms with E-state index in [9.17, 15) is 4.79 Å². The number of esters is 1. The molecule has 0 aliphatic rings. The SMILES string of the molecule is C=CCc1c(C)c(-c2ccc(C)cc2)c([C@H](OC(C)(C)C)C(=O)OC)c(C)c1N. The molecule has 0 saturated heterocycles. The van der Waals surface area contributed by atoms with Gasteiger partial charge in [0, 0.05) is 11.3 Å². The highest BCUT2D eigenvalue weighted by Crippen LogP contribution is 2.42. The Hall–Kier alpha value is -2.59. The molecular weight excluding hydrogens is 362 g/mol. The van der Waals surface area contributed by atoms with Crippen molar-refractivity contribution in [2.45, 2.75) is 59.7 Å². The number of methoxy groups -OCH3 is 1. The van der Waals surface area contributed by atoms with Gasteiger partial charge in [-0.25, -0.2) is 4.79 Å². The highest BCUT2D eigenvalue weighted by molar-refractivity contribution is 5.86. The molecule has 0 unspecified atom stereocenters. The average Bonchev–Trinajstić information content (AvgIpc) is 2.66. The topological polar surface area (TPSA) is 61.5 Å². The molecule has 0 radical (unpaired) electrons. The highest BCUT2D eigenvalue weighted by atomic mass is 16.6. The first kappa shape index (κ1) is 22.7. The minimum absolute atomic E-state index is 0.438. The van der Waals surface area contributed by atoms with Gasteiger partial charge < -0.3 is 15.2 Å². The molecule has 0 heterocycles. The van der Waals surface area contributed by atoms with Gasteiger partial charge in [0.1, 0.15) is 0 Å². The summed E-state index contributed by atoms with van der Waals surface area (Å²) in [5.74, 6) is -0.438. The smallest absolute Gasteiger partial charge is 0.339 e. The second-order valence-electron chi connectivity index (χ2n) is 8.42. The lowest BCUT2D eigenvalue weighted by Gasteiger charge is -2.31. The molecule has 1 atom stereocenters. The summed E-state index contributed by atoms with van der Waals surface area (Å²) in [6.07, 6.45) is 1.62. The molecule has 0 bridgehead atoms. The van der Waals surface area contributed by atoms with Gasteiger partial charge >= 0.3 is 5.97 Å². The molecule has 29 heavy (non-hydrogen) atoms. The Morgan fingerprint density at radius 3 is 2.21 bits per heavy atom. The number of nitrogen functional groups attached to an aromatic ring is 1. The van der Waals surface area contributed by atoms with Crippen LogP contribution in [0, 0.1) is 20.8 Å². The first-order valence-corrected chi connectivity index (χ1v) is 9.86. The third-order valence-corrected chi connectivity index (χ3v) is 5.07. The van der Waals surface area contributed by atoms with Crippen LogP contribution in [0.3, 0.4) is 0 Å². The van der Waals surface area contributed by atoms with Crippen LogP contribution in [0.1, 0.15) is 54.7 Å². The molecule has 2 rings (SSSR count). The van der Waals surface area contributed by atoms with E-state index in [1.807, 2.05) is 40.7 Å². The van der Waals surface area contributed by atoms with Crippen LogP contribution in [0.25, 0.3) is 11.1 Å². The van der Waals surface area contributed by atoms with Crippen molar-refractivity contribution >= 4 is 11.7 Å². The van der Waals surface area contributed by atoms with E-state index in [1.165, 1.54) is 12.7 Å². The molecule has 4 nitrogen and oxygen atoms in total. The zero-order valence-electron chi connectivity index (χ0n) is 18.7. The van der Waals surface area contributed by atoms with Crippen molar-refractivity contribution < 1.29 is 14.3 Å². The van der Waals surface area contributed by atoms with Crippen LogP contribution in [0.5, 0.6) is 0 Å². The van der Waals surface area contributed by atoms with Gasteiger partial charge in [-0.05, 0) is 75.8 Å². The van der Waals surface area contributed by atoms with Gasteiger partial charge in [-0.3, -0.25) is 0 Å². The fourth-order valence-corrected chi connectivity index (χ4v) is 3.63. The van der Waals surface area contributed by atoms with Crippen LogP contribution in [-0.2, 0) is 20.7 Å². The minimum Gasteiger partial charge on any atom is -0.467 e. The number of hydrogen-bond donors (Lipinski definition) is 1. The lowest BCUT2D eigenvalue weighted by atomic mass is 9.83. The van der Waals surface area contributed by atoms with E-state index in [0.717, 1.165) is 33.4 Å². The van der Waals surface area contributed by atoms with E-state index in [4.69, 9.17) is 15.2 Å². The average molecular weight is 396 g/mol. The number of anilines is 1. The monoisotopic (exact) mass is 395 g/mol. The molecule has 0 saturated carbocycles. The molecule has 2 aromatic rings. The lowest BCUT2D eigenvalue weighted by molar-refractivity contribution is -0.164. The molecule has 2 N–H and O–H groups in total. The van der Waals surface area contributed by atoms with E-state index in [0.29, 0.717) is 12.1 Å². The Balaban J connectivity index is 2.92. The first-order valence-electron chi connectivity index (χ1n) is 9.86. The molecule has 0 aliphatic carbocycles. The Labute approximate surface area is 174 Å². The summed E-state index contributed by atoms with van der Waals surface area (Å²) < 4.78 is 11.3. The van der Waals surface area contributed by atoms with Crippen LogP contribution in [0.15, 0.2) is 36.9 Å². The summed E-state index contributed by atoms with van der Waals surface area (Å²) in [4.78, 5) is 12.8. The lowest BCUT2D eigenvalue weighted by Crippen LogP contribution is -2.29. The van der Waals surface area contributed by atoms with Crippen molar-refractivity contribution in [2.75, 3.05) is 12.8 Å². The van der Waals surface area contributed by atoms with E-state index in [2.05, 4.69) is 37.8 Å². The van der Waals surface area contributed by atoms with Crippen molar-refractivity contribution in [3.05, 3.63) is 64.7 Å². The molecule has 0 aliphatic heterocycles. The highest BCUT2D eigenvalue weighted by Gasteiger charge is 2.33. The maximum absolute atomic E-state index is 12.8. The number of aryl methyl sites for hydroxylation is 1. The van der Waals surface area contributed by atoms with Crippen LogP contribution in [-0.4, -0.2) is 18.7 Å². The number of carbonyl (C=O) groups is 1. The molecule has 156 valence electrons. The molecule has 4 heteroatoms. The Bertz CT molecular complexity index is 905. The number of ether oxygens (including phenoxy) is 2. The third kappa shape index (κ3) is 4.88. The Morgan fingerprint density at radius 1 is 1.14 bits per heavy atom. The molecule has 0 amide bonds. The summed E-state index contributed by atoms with van der Waals surface area (Å²) in [6, 6.07) is 8.27. The Morgan fingerprint density at radius 2 is 1.72 bits per heavy atom. The predicted molar refractivity (Wildman–Crippen MR) is 120 cm³/mol. The summed E-state index contributed by atoms with van der Waals surface area (Å²) in [6.45, 7) is 15.7. The van der Waals surface area contributed by atoms with Crippen molar-refractivity contribution in [3.63, 3.8) is 0 Å². The summed E-state index contributed by atoms with van der Waals surface area (Å²) in [5.41, 5.74) is 13.5. The minimum atomic E-state index is -0.880. The maximum atomic E-state index is 12.8. The summed E-state index contributed by atoms with van der Waals surface area (Å²) >= 11 is 0. The van der Waals surface area contributed by atoms with Gasteiger partial charge in [0.15, 0.2) is 6.10 Å². The zero-order valence-corrected chi connectivity index (χ0v) is 18.7. The van der Waals surface area contributed by atoms with Gasteiger partial charge in [0.25, 0.3) is 0 Å². The first-order chi connectivity index (χ1) is 13.5. The number of allylic oxidation sites excluding steroid dienone is 1. The number of benzene rings is 2. The van der Waals surface area contributed by atoms with Gasteiger partial charge in [-0.2, -0.15) is 0 Å². The third-order valence-electron chi connectivity index (χ3n) is 5.07. The molecule has 0 aromatic heterocycles. The number of rotatable bonds is 6. The van der Waals surface area contributed by atoms with Gasteiger partial charge in [-0.15, -0.1) is 6.58 Å². The molecule has 0 spiro atoms. The second kappa shape index (κ2) is 8.83. The van der Waals surface area contributed by atoms with Crippen LogP contribution in [0.2, 0.25) is 0 Å².